The number of carboxylic acids is 2. The van der Waals surface area contributed by atoms with E-state index in [0.717, 1.165) is 0 Å². The Morgan fingerprint density at radius 2 is 1.28 bits per heavy atom. The second-order valence-corrected chi connectivity index (χ2v) is 15.1. The van der Waals surface area contributed by atoms with E-state index in [1.54, 1.807) is 60.9 Å². The molecule has 0 aliphatic carbocycles. The van der Waals surface area contributed by atoms with Gasteiger partial charge in [0.05, 0.1) is 74.8 Å². The van der Waals surface area contributed by atoms with Crippen LogP contribution in [0.1, 0.15) is 57.6 Å². The van der Waals surface area contributed by atoms with E-state index in [2.05, 4.69) is 82.1 Å². The van der Waals surface area contributed by atoms with Crippen molar-refractivity contribution in [2.75, 3.05) is 80.9 Å². The highest BCUT2D eigenvalue weighted by molar-refractivity contribution is 8.05. The number of hydrogen-bond acceptors (Lipinski definition) is 11. The number of carboxylic acid groups (broad SMARTS) is 2. The minimum atomic E-state index is -3.00. The molecule has 2 rings (SSSR count). The molecule has 0 aliphatic rings. The molecule has 1 unspecified atom stereocenters. The Morgan fingerprint density at radius 1 is 0.734 bits per heavy atom. The van der Waals surface area contributed by atoms with Gasteiger partial charge in [0.1, 0.15) is 0 Å². The number of nitrogens with one attached hydrogen (secondary N) is 7. The number of benzene rings is 2. The summed E-state index contributed by atoms with van der Waals surface area (Å²) in [7, 11) is -3.00. The van der Waals surface area contributed by atoms with Crippen molar-refractivity contribution in [2.24, 2.45) is 0 Å². The molecule has 64 heavy (non-hydrogen) atoms. The van der Waals surface area contributed by atoms with Gasteiger partial charge in [0.15, 0.2) is 0 Å². The van der Waals surface area contributed by atoms with Crippen LogP contribution in [0.4, 0.5) is 26.7 Å². The first kappa shape index (κ1) is 58.1. The first-order valence-corrected chi connectivity index (χ1v) is 22.8. The van der Waals surface area contributed by atoms with Gasteiger partial charge in [-0.25, -0.2) is 13.8 Å². The fraction of sp³-hybridized carbons (Fsp3) is 0.419. The molecule has 356 valence electrons. The summed E-state index contributed by atoms with van der Waals surface area (Å²) in [6.07, 6.45) is 7.98. The number of rotatable bonds is 29. The molecule has 0 heterocycles. The van der Waals surface area contributed by atoms with E-state index < -0.39 is 58.0 Å². The lowest BCUT2D eigenvalue weighted by Gasteiger charge is -2.20. The summed E-state index contributed by atoms with van der Waals surface area (Å²) in [4.78, 5) is 70.5. The Bertz CT molecular complexity index is 1890. The fourth-order valence-corrected chi connectivity index (χ4v) is 5.45. The van der Waals surface area contributed by atoms with Crippen LogP contribution in [-0.4, -0.2) is 122 Å². The monoisotopic (exact) mass is 935 g/mol. The van der Waals surface area contributed by atoms with E-state index in [4.69, 9.17) is 19.3 Å². The van der Waals surface area contributed by atoms with E-state index >= 15 is 0 Å². The number of anilines is 3. The molecule has 2 aromatic carbocycles. The van der Waals surface area contributed by atoms with Crippen LogP contribution in [0.5, 0.6) is 0 Å². The summed E-state index contributed by atoms with van der Waals surface area (Å²) in [5.41, 5.74) is 1.64. The zero-order valence-electron chi connectivity index (χ0n) is 36.8. The second kappa shape index (κ2) is 35.6. The van der Waals surface area contributed by atoms with Crippen LogP contribution < -0.4 is 36.6 Å². The number of unbranched alkanes of at least 4 members (excludes halogenated alkanes) is 1. The van der Waals surface area contributed by atoms with Crippen molar-refractivity contribution in [1.82, 2.24) is 21.3 Å². The normalized spacial score (nSPS) is 11.7. The van der Waals surface area contributed by atoms with E-state index in [1.807, 2.05) is 0 Å². The number of carbonyl (C=O) groups excluding carboxylic acids is 4. The van der Waals surface area contributed by atoms with Gasteiger partial charge in [0, 0.05) is 41.5 Å². The van der Waals surface area contributed by atoms with Crippen molar-refractivity contribution < 1.29 is 57.4 Å². The van der Waals surface area contributed by atoms with Crippen LogP contribution in [0.3, 0.4) is 0 Å². The minimum absolute atomic E-state index is 0.200. The first-order valence-electron chi connectivity index (χ1n) is 20.2. The lowest BCUT2D eigenvalue weighted by molar-refractivity contribution is -0.139. The predicted molar refractivity (Wildman–Crippen MR) is 255 cm³/mol. The molecule has 0 saturated heterocycles. The summed E-state index contributed by atoms with van der Waals surface area (Å²) in [6, 6.07) is 10.6. The van der Waals surface area contributed by atoms with Gasteiger partial charge >= 0.3 is 24.0 Å². The number of allylic oxidation sites excluding steroid dienone is 3. The highest BCUT2D eigenvalue weighted by Crippen LogP contribution is 2.23. The standard InChI is InChI=1S/C38H51N7O12S.C4H10.CH4S/c1-4-5-7-27(2)58(3,54)45-31-9-6-8-28(24-31)32(25-36(50)51)44-38(53)43-30-12-10-29(11-13-30)42-37(52)40-17-19-56-21-23-57-22-20-55-18-16-39-34(47)26-41-33(46)14-15-35(48)49;1-3-4-2;1-2/h4-13,24,32H,1-3,14-23,25-26H2,(H,39,47)(H,41,46)(H,45,54)(H,48,49)(H,50,51)(H2,40,42,52)(H2,43,44,53);3-4H2,1-2H3;2H,1H3/b7-5-;;/t32-,58?;;/m1../s1. The molecule has 0 bridgehead atoms. The molecule has 9 N–H and O–H groups in total. The SMILES string of the molecule is C=C/C=C\C(=C)S(=C)(=O)Nc1cccc([C@@H](CC(=O)O)NC(=O)Nc2ccc(NC(=O)NCCOCCOCCOCCNC(=O)CNC(=O)CCC(=O)O)cc2)c1.CCCC.CS. The molecule has 0 aliphatic heterocycles. The number of carbonyl (C=O) groups is 6. The molecular weight excluding hydrogens is 871 g/mol. The van der Waals surface area contributed by atoms with Crippen LogP contribution in [0.2, 0.25) is 0 Å². The summed E-state index contributed by atoms with van der Waals surface area (Å²) < 4.78 is 32.0. The van der Waals surface area contributed by atoms with Gasteiger partial charge in [-0.3, -0.25) is 19.2 Å². The van der Waals surface area contributed by atoms with Gasteiger partial charge in [-0.2, -0.15) is 12.6 Å². The van der Waals surface area contributed by atoms with Gasteiger partial charge in [-0.1, -0.05) is 64.1 Å². The molecule has 6 amide bonds. The van der Waals surface area contributed by atoms with Crippen molar-refractivity contribution in [2.45, 2.75) is 52.0 Å². The van der Waals surface area contributed by atoms with Crippen molar-refractivity contribution in [1.29, 1.82) is 0 Å². The molecule has 21 heteroatoms. The Balaban J connectivity index is 0.00000624. The Morgan fingerprint density at radius 3 is 1.81 bits per heavy atom. The third-order valence-electron chi connectivity index (χ3n) is 7.85. The van der Waals surface area contributed by atoms with Crippen LogP contribution in [-0.2, 0) is 43.1 Å². The lowest BCUT2D eigenvalue weighted by atomic mass is 10.0. The molecule has 0 saturated carbocycles. The highest BCUT2D eigenvalue weighted by Gasteiger charge is 2.19. The maximum absolute atomic E-state index is 13.0. The van der Waals surface area contributed by atoms with Crippen molar-refractivity contribution in [3.8, 4) is 0 Å². The largest absolute Gasteiger partial charge is 0.481 e. The Labute approximate surface area is 381 Å². The maximum Gasteiger partial charge on any atom is 0.319 e. The van der Waals surface area contributed by atoms with Crippen LogP contribution in [0.15, 0.2) is 84.8 Å². The van der Waals surface area contributed by atoms with Crippen LogP contribution in [0.25, 0.3) is 0 Å². The van der Waals surface area contributed by atoms with Gasteiger partial charge in [-0.15, -0.1) is 0 Å². The molecule has 2 atom stereocenters. The molecule has 0 spiro atoms. The smallest absolute Gasteiger partial charge is 0.319 e. The number of urea groups is 2. The van der Waals surface area contributed by atoms with Crippen LogP contribution >= 0.6 is 12.6 Å². The quantitative estimate of drug-likeness (QED) is 0.0225. The second-order valence-electron chi connectivity index (χ2n) is 13.0. The molecule has 0 radical (unpaired) electrons. The van der Waals surface area contributed by atoms with Crippen molar-refractivity contribution in [3.05, 3.63) is 90.4 Å². The Hall–Kier alpha value is -5.87. The van der Waals surface area contributed by atoms with Gasteiger partial charge in [0.25, 0.3) is 0 Å². The summed E-state index contributed by atoms with van der Waals surface area (Å²) in [5.74, 6) is 0.516. The molecule has 0 aromatic heterocycles. The summed E-state index contributed by atoms with van der Waals surface area (Å²) in [6.45, 7) is 13.5. The number of hydrogen-bond donors (Lipinski definition) is 10. The fourth-order valence-electron chi connectivity index (χ4n) is 4.52. The number of aliphatic carboxylic acids is 2. The third kappa shape index (κ3) is 29.4. The van der Waals surface area contributed by atoms with Crippen LogP contribution in [0, 0.1) is 0 Å². The Kier molecular flexibility index (Phi) is 32.3. The third-order valence-corrected chi connectivity index (χ3v) is 9.40. The van der Waals surface area contributed by atoms with E-state index in [-0.39, 0.29) is 63.8 Å². The minimum Gasteiger partial charge on any atom is -0.481 e. The van der Waals surface area contributed by atoms with Crippen molar-refractivity contribution in [3.63, 3.8) is 0 Å². The van der Waals surface area contributed by atoms with Gasteiger partial charge in [-0.05, 0) is 60.2 Å². The highest BCUT2D eigenvalue weighted by atomic mass is 32.2. The van der Waals surface area contributed by atoms with Gasteiger partial charge in [0.2, 0.25) is 11.8 Å². The first-order chi connectivity index (χ1) is 30.6. The predicted octanol–water partition coefficient (Wildman–Crippen LogP) is 4.94. The summed E-state index contributed by atoms with van der Waals surface area (Å²) >= 11 is 3.53. The van der Waals surface area contributed by atoms with E-state index in [0.29, 0.717) is 35.8 Å². The molecule has 2 aromatic rings. The van der Waals surface area contributed by atoms with E-state index in [1.165, 1.54) is 25.0 Å². The number of amides is 6. The molecule has 0 fully saturated rings. The number of thiol groups is 1. The van der Waals surface area contributed by atoms with E-state index in [9.17, 15) is 38.1 Å². The van der Waals surface area contributed by atoms with Gasteiger partial charge < -0.3 is 61.0 Å². The zero-order chi connectivity index (χ0) is 48.2. The zero-order valence-corrected chi connectivity index (χ0v) is 38.5. The average molecular weight is 936 g/mol. The topological polar surface area (TPSA) is 272 Å². The molecule has 19 nitrogen and oxygen atoms in total. The average Bonchev–Trinajstić information content (AvgIpc) is 3.26. The molecular formula is C43H65N7O12S2. The maximum atomic E-state index is 13.0. The lowest BCUT2D eigenvalue weighted by Crippen LogP contribution is -2.38. The van der Waals surface area contributed by atoms with Crippen molar-refractivity contribution >= 4 is 81.1 Å². The number of ether oxygens (including phenoxy) is 3. The summed E-state index contributed by atoms with van der Waals surface area (Å²) in [5, 5.41) is 33.5.